The lowest BCUT2D eigenvalue weighted by atomic mass is 10.1. The highest BCUT2D eigenvalue weighted by atomic mass is 15.3. The first-order valence-electron chi connectivity index (χ1n) is 6.63. The Morgan fingerprint density at radius 2 is 1.84 bits per heavy atom. The van der Waals surface area contributed by atoms with Gasteiger partial charge in [-0.05, 0) is 40.3 Å². The molecule has 2 aromatic rings. The molecule has 0 amide bonds. The zero-order chi connectivity index (χ0) is 14.0. The lowest BCUT2D eigenvalue weighted by molar-refractivity contribution is 0.594. The molecule has 0 bridgehead atoms. The molecule has 0 aromatic carbocycles. The van der Waals surface area contributed by atoms with Gasteiger partial charge in [-0.25, -0.2) is 14.6 Å². The van der Waals surface area contributed by atoms with Crippen molar-refractivity contribution in [1.82, 2.24) is 25.1 Å². The molecule has 2 aromatic heterocycles. The third-order valence-corrected chi connectivity index (χ3v) is 3.18. The Morgan fingerprint density at radius 3 is 2.42 bits per heavy atom. The van der Waals surface area contributed by atoms with Crippen molar-refractivity contribution in [2.75, 3.05) is 6.54 Å². The van der Waals surface area contributed by atoms with Crippen LogP contribution in [0.4, 0.5) is 0 Å². The Balaban J connectivity index is 2.41. The van der Waals surface area contributed by atoms with Crippen LogP contribution in [-0.2, 0) is 0 Å². The van der Waals surface area contributed by atoms with Crippen molar-refractivity contribution >= 4 is 0 Å². The molecule has 19 heavy (non-hydrogen) atoms. The van der Waals surface area contributed by atoms with Crippen molar-refractivity contribution in [1.29, 1.82) is 0 Å². The van der Waals surface area contributed by atoms with Crippen molar-refractivity contribution in [3.8, 4) is 5.95 Å². The van der Waals surface area contributed by atoms with Gasteiger partial charge in [-0.2, -0.15) is 5.10 Å². The second-order valence-corrected chi connectivity index (χ2v) is 4.83. The van der Waals surface area contributed by atoms with Crippen molar-refractivity contribution in [3.63, 3.8) is 0 Å². The largest absolute Gasteiger partial charge is 0.310 e. The number of aryl methyl sites for hydroxylation is 2. The molecule has 0 saturated heterocycles. The maximum atomic E-state index is 4.45. The summed E-state index contributed by atoms with van der Waals surface area (Å²) in [4.78, 5) is 8.91. The van der Waals surface area contributed by atoms with Crippen LogP contribution in [0, 0.1) is 20.8 Å². The minimum absolute atomic E-state index is 0.282. The first kappa shape index (κ1) is 13.7. The van der Waals surface area contributed by atoms with Crippen LogP contribution in [-0.4, -0.2) is 26.3 Å². The van der Waals surface area contributed by atoms with E-state index in [0.717, 1.165) is 23.6 Å². The molecule has 5 nitrogen and oxygen atoms in total. The number of nitrogens with one attached hydrogen (secondary N) is 1. The molecule has 2 rings (SSSR count). The molecule has 0 radical (unpaired) electrons. The van der Waals surface area contributed by atoms with Gasteiger partial charge in [-0.3, -0.25) is 0 Å². The maximum absolute atomic E-state index is 4.45. The molecule has 0 fully saturated rings. The Labute approximate surface area is 114 Å². The predicted octanol–water partition coefficient (Wildman–Crippen LogP) is 2.26. The van der Waals surface area contributed by atoms with Crippen LogP contribution in [0.2, 0.25) is 0 Å². The normalized spacial score (nSPS) is 12.7. The third-order valence-electron chi connectivity index (χ3n) is 3.18. The molecule has 0 saturated carbocycles. The summed E-state index contributed by atoms with van der Waals surface area (Å²) in [5.74, 6) is 0.643. The maximum Gasteiger partial charge on any atom is 0.251 e. The highest BCUT2D eigenvalue weighted by Crippen LogP contribution is 2.18. The van der Waals surface area contributed by atoms with Crippen LogP contribution in [0.1, 0.15) is 42.5 Å². The summed E-state index contributed by atoms with van der Waals surface area (Å²) in [6, 6.07) is 2.24. The second kappa shape index (κ2) is 5.48. The van der Waals surface area contributed by atoms with Crippen molar-refractivity contribution in [2.24, 2.45) is 0 Å². The van der Waals surface area contributed by atoms with Crippen molar-refractivity contribution < 1.29 is 0 Å². The lowest BCUT2D eigenvalue weighted by Gasteiger charge is -2.12. The number of hydrogen-bond donors (Lipinski definition) is 1. The lowest BCUT2D eigenvalue weighted by Crippen LogP contribution is -2.18. The zero-order valence-corrected chi connectivity index (χ0v) is 12.2. The monoisotopic (exact) mass is 259 g/mol. The third kappa shape index (κ3) is 2.81. The molecule has 2 heterocycles. The van der Waals surface area contributed by atoms with Crippen LogP contribution in [0.15, 0.2) is 12.3 Å². The van der Waals surface area contributed by atoms with Gasteiger partial charge in [0.1, 0.15) is 0 Å². The SMILES string of the molecule is CCNC(C)c1cnn(-c2nc(C)cc(C)n2)c1C. The number of aromatic nitrogens is 4. The van der Waals surface area contributed by atoms with Gasteiger partial charge in [0.2, 0.25) is 0 Å². The number of nitrogens with zero attached hydrogens (tertiary/aromatic N) is 4. The molecule has 1 N–H and O–H groups in total. The molecule has 0 aliphatic carbocycles. The number of hydrogen-bond acceptors (Lipinski definition) is 4. The zero-order valence-electron chi connectivity index (χ0n) is 12.2. The fraction of sp³-hybridized carbons (Fsp3) is 0.500. The summed E-state index contributed by atoms with van der Waals surface area (Å²) in [6.07, 6.45) is 1.89. The van der Waals surface area contributed by atoms with E-state index in [4.69, 9.17) is 0 Å². The van der Waals surface area contributed by atoms with E-state index in [1.807, 2.05) is 30.8 Å². The highest BCUT2D eigenvalue weighted by Gasteiger charge is 2.15. The van der Waals surface area contributed by atoms with Crippen LogP contribution in [0.5, 0.6) is 0 Å². The first-order chi connectivity index (χ1) is 9.02. The van der Waals surface area contributed by atoms with Gasteiger partial charge in [0, 0.05) is 28.7 Å². The number of rotatable bonds is 4. The van der Waals surface area contributed by atoms with E-state index < -0.39 is 0 Å². The van der Waals surface area contributed by atoms with E-state index in [-0.39, 0.29) is 6.04 Å². The summed E-state index contributed by atoms with van der Waals surface area (Å²) in [6.45, 7) is 11.2. The van der Waals surface area contributed by atoms with Gasteiger partial charge in [0.15, 0.2) is 0 Å². The molecule has 1 unspecified atom stereocenters. The van der Waals surface area contributed by atoms with Crippen LogP contribution in [0.3, 0.4) is 0 Å². The van der Waals surface area contributed by atoms with Gasteiger partial charge < -0.3 is 5.32 Å². The van der Waals surface area contributed by atoms with Crippen molar-refractivity contribution in [3.05, 3.63) is 34.9 Å². The first-order valence-corrected chi connectivity index (χ1v) is 6.63. The van der Waals surface area contributed by atoms with Crippen molar-refractivity contribution in [2.45, 2.75) is 40.7 Å². The highest BCUT2D eigenvalue weighted by molar-refractivity contribution is 5.27. The van der Waals surface area contributed by atoms with E-state index >= 15 is 0 Å². The molecule has 1 atom stereocenters. The minimum atomic E-state index is 0.282. The fourth-order valence-electron chi connectivity index (χ4n) is 2.27. The van der Waals surface area contributed by atoms with E-state index in [0.29, 0.717) is 5.95 Å². The van der Waals surface area contributed by atoms with E-state index in [9.17, 15) is 0 Å². The smallest absolute Gasteiger partial charge is 0.251 e. The Kier molecular flexibility index (Phi) is 3.95. The topological polar surface area (TPSA) is 55.6 Å². The summed E-state index contributed by atoms with van der Waals surface area (Å²) in [5, 5.41) is 7.82. The minimum Gasteiger partial charge on any atom is -0.310 e. The van der Waals surface area contributed by atoms with Crippen LogP contribution < -0.4 is 5.32 Å². The average molecular weight is 259 g/mol. The van der Waals surface area contributed by atoms with E-state index in [2.05, 4.69) is 41.2 Å². The van der Waals surface area contributed by atoms with Gasteiger partial charge in [0.05, 0.1) is 6.20 Å². The predicted molar refractivity (Wildman–Crippen MR) is 75.5 cm³/mol. The van der Waals surface area contributed by atoms with Gasteiger partial charge in [-0.1, -0.05) is 6.92 Å². The average Bonchev–Trinajstić information content (AvgIpc) is 2.70. The summed E-state index contributed by atoms with van der Waals surface area (Å²) < 4.78 is 1.81. The van der Waals surface area contributed by atoms with Gasteiger partial charge in [0.25, 0.3) is 5.95 Å². The molecular weight excluding hydrogens is 238 g/mol. The molecule has 0 aliphatic rings. The van der Waals surface area contributed by atoms with E-state index in [1.54, 1.807) is 0 Å². The molecular formula is C14H21N5. The second-order valence-electron chi connectivity index (χ2n) is 4.83. The fourth-order valence-corrected chi connectivity index (χ4v) is 2.27. The Hall–Kier alpha value is -1.75. The molecule has 102 valence electrons. The summed E-state index contributed by atoms with van der Waals surface area (Å²) in [7, 11) is 0. The van der Waals surface area contributed by atoms with Crippen LogP contribution in [0.25, 0.3) is 5.95 Å². The van der Waals surface area contributed by atoms with Crippen LogP contribution >= 0.6 is 0 Å². The quantitative estimate of drug-likeness (QED) is 0.915. The Bertz CT molecular complexity index is 553. The Morgan fingerprint density at radius 1 is 1.21 bits per heavy atom. The molecule has 0 aliphatic heterocycles. The van der Waals surface area contributed by atoms with Gasteiger partial charge >= 0.3 is 0 Å². The van der Waals surface area contributed by atoms with E-state index in [1.165, 1.54) is 5.56 Å². The summed E-state index contributed by atoms with van der Waals surface area (Å²) in [5.41, 5.74) is 4.18. The standard InChI is InChI=1S/C14H21N5/c1-6-15-11(4)13-8-16-19(12(13)5)14-17-9(2)7-10(3)18-14/h7-8,11,15H,6H2,1-5H3. The van der Waals surface area contributed by atoms with Gasteiger partial charge in [-0.15, -0.1) is 0 Å². The summed E-state index contributed by atoms with van der Waals surface area (Å²) >= 11 is 0. The molecule has 0 spiro atoms. The molecule has 5 heteroatoms.